The van der Waals surface area contributed by atoms with Crippen molar-refractivity contribution in [2.24, 2.45) is 0 Å². The third-order valence-corrected chi connectivity index (χ3v) is 5.65. The first-order valence-corrected chi connectivity index (χ1v) is 10.6. The zero-order valence-corrected chi connectivity index (χ0v) is 17.4. The number of nitrogens with one attached hydrogen (secondary N) is 2. The number of carbonyl (C=O) groups excluding carboxylic acids is 2. The van der Waals surface area contributed by atoms with Crippen molar-refractivity contribution in [3.8, 4) is 11.5 Å². The minimum Gasteiger partial charge on any atom is -0.455 e. The lowest BCUT2D eigenvalue weighted by atomic mass is 10.2. The van der Waals surface area contributed by atoms with Crippen LogP contribution in [-0.4, -0.2) is 17.7 Å². The Morgan fingerprint density at radius 2 is 1.73 bits per heavy atom. The molecular formula is C22H18ClN3O3S. The fourth-order valence-corrected chi connectivity index (χ4v) is 3.86. The Bertz CT molecular complexity index is 1080. The largest absolute Gasteiger partial charge is 0.455 e. The van der Waals surface area contributed by atoms with Gasteiger partial charge in [0.05, 0.1) is 18.0 Å². The third kappa shape index (κ3) is 4.69. The van der Waals surface area contributed by atoms with Gasteiger partial charge in [0.25, 0.3) is 0 Å². The molecule has 30 heavy (non-hydrogen) atoms. The second kappa shape index (κ2) is 9.11. The predicted octanol–water partition coefficient (Wildman–Crippen LogP) is 4.99. The third-order valence-electron chi connectivity index (χ3n) is 4.40. The van der Waals surface area contributed by atoms with Gasteiger partial charge in [-0.15, -0.1) is 11.8 Å². The van der Waals surface area contributed by atoms with E-state index in [0.29, 0.717) is 22.2 Å². The lowest BCUT2D eigenvalue weighted by Gasteiger charge is -2.22. The van der Waals surface area contributed by atoms with Crippen LogP contribution < -0.4 is 20.5 Å². The zero-order valence-electron chi connectivity index (χ0n) is 15.8. The number of nitrogens with zero attached hydrogens (tertiary/aromatic N) is 1. The van der Waals surface area contributed by atoms with E-state index >= 15 is 0 Å². The number of anilines is 1. The van der Waals surface area contributed by atoms with Crippen molar-refractivity contribution in [1.29, 1.82) is 0 Å². The molecule has 1 aliphatic rings. The second-order valence-electron chi connectivity index (χ2n) is 6.49. The number of hydrogen-bond donors (Lipinski definition) is 2. The fourth-order valence-electron chi connectivity index (χ4n) is 2.97. The molecule has 0 atom stereocenters. The van der Waals surface area contributed by atoms with Gasteiger partial charge in [-0.1, -0.05) is 48.0 Å². The second-order valence-corrected chi connectivity index (χ2v) is 7.97. The van der Waals surface area contributed by atoms with Gasteiger partial charge in [0.15, 0.2) is 5.75 Å². The molecule has 1 aliphatic heterocycles. The van der Waals surface area contributed by atoms with Gasteiger partial charge in [-0.05, 0) is 36.4 Å². The van der Waals surface area contributed by atoms with E-state index in [0.717, 1.165) is 10.5 Å². The van der Waals surface area contributed by atoms with Gasteiger partial charge in [0.2, 0.25) is 5.91 Å². The van der Waals surface area contributed by atoms with Gasteiger partial charge in [-0.3, -0.25) is 15.1 Å². The molecule has 4 rings (SSSR count). The normalized spacial score (nSPS) is 12.1. The number of fused-ring (bicyclic) bond motifs is 2. The smallest absolute Gasteiger partial charge is 0.341 e. The molecule has 0 aromatic heterocycles. The highest BCUT2D eigenvalue weighted by Gasteiger charge is 2.26. The SMILES string of the molecule is O=C(CSc1ccccc1)NNC(=O)N1Cc2ccccc2Oc2ccc(Cl)cc21. The summed E-state index contributed by atoms with van der Waals surface area (Å²) in [6, 6.07) is 21.6. The summed E-state index contributed by atoms with van der Waals surface area (Å²) in [5.41, 5.74) is 6.30. The van der Waals surface area contributed by atoms with Crippen molar-refractivity contribution >= 4 is 41.0 Å². The van der Waals surface area contributed by atoms with Crippen molar-refractivity contribution in [2.75, 3.05) is 10.7 Å². The van der Waals surface area contributed by atoms with Gasteiger partial charge in [-0.2, -0.15) is 0 Å². The molecule has 3 aromatic rings. The molecule has 6 nitrogen and oxygen atoms in total. The van der Waals surface area contributed by atoms with E-state index in [4.69, 9.17) is 16.3 Å². The summed E-state index contributed by atoms with van der Waals surface area (Å²) in [5, 5.41) is 0.476. The van der Waals surface area contributed by atoms with Crippen LogP contribution >= 0.6 is 23.4 Å². The summed E-state index contributed by atoms with van der Waals surface area (Å²) >= 11 is 7.54. The van der Waals surface area contributed by atoms with E-state index in [1.807, 2.05) is 54.6 Å². The van der Waals surface area contributed by atoms with Crippen molar-refractivity contribution in [1.82, 2.24) is 10.9 Å². The number of ether oxygens (including phenoxy) is 1. The molecule has 0 unspecified atom stereocenters. The summed E-state index contributed by atoms with van der Waals surface area (Å²) in [4.78, 5) is 27.5. The summed E-state index contributed by atoms with van der Waals surface area (Å²) in [5.74, 6) is 1.04. The number of para-hydroxylation sites is 1. The van der Waals surface area contributed by atoms with E-state index in [-0.39, 0.29) is 18.2 Å². The minimum absolute atomic E-state index is 0.179. The van der Waals surface area contributed by atoms with Crippen LogP contribution in [-0.2, 0) is 11.3 Å². The van der Waals surface area contributed by atoms with Gasteiger partial charge in [0, 0.05) is 15.5 Å². The number of halogens is 1. The summed E-state index contributed by atoms with van der Waals surface area (Å²) < 4.78 is 5.98. The number of amides is 3. The Morgan fingerprint density at radius 1 is 0.967 bits per heavy atom. The Balaban J connectivity index is 1.46. The first-order valence-electron chi connectivity index (χ1n) is 9.19. The van der Waals surface area contributed by atoms with E-state index in [1.165, 1.54) is 16.7 Å². The molecule has 2 N–H and O–H groups in total. The number of thioether (sulfide) groups is 1. The maximum absolute atomic E-state index is 12.9. The molecule has 0 spiro atoms. The minimum atomic E-state index is -0.489. The van der Waals surface area contributed by atoms with Crippen molar-refractivity contribution in [3.63, 3.8) is 0 Å². The highest BCUT2D eigenvalue weighted by Crippen LogP contribution is 2.40. The number of hydrazine groups is 1. The van der Waals surface area contributed by atoms with E-state index in [2.05, 4.69) is 10.9 Å². The highest BCUT2D eigenvalue weighted by atomic mass is 35.5. The number of benzene rings is 3. The lowest BCUT2D eigenvalue weighted by Crippen LogP contribution is -2.49. The number of rotatable bonds is 3. The fraction of sp³-hybridized carbons (Fsp3) is 0.0909. The first kappa shape index (κ1) is 20.1. The topological polar surface area (TPSA) is 70.7 Å². The number of hydrogen-bond acceptors (Lipinski definition) is 4. The molecule has 8 heteroatoms. The maximum Gasteiger partial charge on any atom is 0.341 e. The van der Waals surface area contributed by atoms with Crippen LogP contribution in [0.15, 0.2) is 77.7 Å². The summed E-state index contributed by atoms with van der Waals surface area (Å²) in [6.45, 7) is 0.268. The van der Waals surface area contributed by atoms with E-state index in [9.17, 15) is 9.59 Å². The first-order chi connectivity index (χ1) is 14.6. The van der Waals surface area contributed by atoms with Crippen LogP contribution in [0.25, 0.3) is 0 Å². The molecule has 0 saturated carbocycles. The van der Waals surface area contributed by atoms with Crippen molar-refractivity contribution < 1.29 is 14.3 Å². The quantitative estimate of drug-likeness (QED) is 0.445. The lowest BCUT2D eigenvalue weighted by molar-refractivity contribution is -0.119. The van der Waals surface area contributed by atoms with Crippen molar-refractivity contribution in [2.45, 2.75) is 11.4 Å². The van der Waals surface area contributed by atoms with Crippen LogP contribution in [0, 0.1) is 0 Å². The molecule has 0 fully saturated rings. The summed E-state index contributed by atoms with van der Waals surface area (Å²) in [7, 11) is 0. The molecule has 0 saturated heterocycles. The van der Waals surface area contributed by atoms with E-state index < -0.39 is 6.03 Å². The van der Waals surface area contributed by atoms with Crippen LogP contribution in [0.4, 0.5) is 10.5 Å². The Hall–Kier alpha value is -3.16. The zero-order chi connectivity index (χ0) is 20.9. The molecule has 0 bridgehead atoms. The number of carbonyl (C=O) groups is 2. The van der Waals surface area contributed by atoms with Crippen molar-refractivity contribution in [3.05, 3.63) is 83.4 Å². The van der Waals surface area contributed by atoms with Crippen LogP contribution in [0.3, 0.4) is 0 Å². The Morgan fingerprint density at radius 3 is 2.57 bits per heavy atom. The molecule has 3 amide bonds. The molecule has 152 valence electrons. The average Bonchev–Trinajstić information content (AvgIpc) is 2.93. The molecule has 0 radical (unpaired) electrons. The standard InChI is InChI=1S/C22H18ClN3O3S/c23-16-10-11-20-18(12-16)26(13-15-6-4-5-9-19(15)29-20)22(28)25-24-21(27)14-30-17-7-2-1-3-8-17/h1-12H,13-14H2,(H,24,27)(H,25,28). The maximum atomic E-state index is 12.9. The molecule has 1 heterocycles. The van der Waals surface area contributed by atoms with Crippen LogP contribution in [0.5, 0.6) is 11.5 Å². The van der Waals surface area contributed by atoms with Gasteiger partial charge < -0.3 is 4.74 Å². The molecule has 0 aliphatic carbocycles. The van der Waals surface area contributed by atoms with E-state index in [1.54, 1.807) is 18.2 Å². The Labute approximate surface area is 183 Å². The van der Waals surface area contributed by atoms with Gasteiger partial charge in [-0.25, -0.2) is 10.2 Å². The summed E-state index contributed by atoms with van der Waals surface area (Å²) in [6.07, 6.45) is 0. The monoisotopic (exact) mass is 439 g/mol. The average molecular weight is 440 g/mol. The highest BCUT2D eigenvalue weighted by molar-refractivity contribution is 8.00. The van der Waals surface area contributed by atoms with Crippen LogP contribution in [0.2, 0.25) is 5.02 Å². The Kier molecular flexibility index (Phi) is 6.11. The van der Waals surface area contributed by atoms with Gasteiger partial charge in [0.1, 0.15) is 5.75 Å². The predicted molar refractivity (Wildman–Crippen MR) is 118 cm³/mol. The van der Waals surface area contributed by atoms with Gasteiger partial charge >= 0.3 is 6.03 Å². The molecule has 3 aromatic carbocycles. The molecular weight excluding hydrogens is 422 g/mol. The number of urea groups is 1. The van der Waals surface area contributed by atoms with Crippen LogP contribution in [0.1, 0.15) is 5.56 Å².